The molecule has 0 heterocycles. The highest BCUT2D eigenvalue weighted by molar-refractivity contribution is 6.69. The van der Waals surface area contributed by atoms with E-state index in [1.807, 2.05) is 13.0 Å². The van der Waals surface area contributed by atoms with Crippen LogP contribution in [0.1, 0.15) is 52.4 Å². The van der Waals surface area contributed by atoms with Gasteiger partial charge in [-0.3, -0.25) is 4.79 Å². The number of halogens is 6. The number of fused-ring (bicyclic) bond motifs is 1. The fraction of sp³-hybridized carbons (Fsp3) is 0.762. The molecule has 0 radical (unpaired) electrons. The number of Topliss-reactive ketones (excluding diaryl/α,β-unsaturated/α-hetero) is 1. The summed E-state index contributed by atoms with van der Waals surface area (Å²) in [6.45, 7) is 7.59. The standard InChI is InChI=1S/C21H30F6O2Si/c1-14(15-10-11-16-17(28)9-7-12-18(15,16)2)8-6-13-19(20(22,23)24,21(25,26)27)29-30(3,4)5/h8,10,16H,6-7,9,11-13H2,1-5H3/b14-8+/t16-,18+/m1/s1. The zero-order valence-electron chi connectivity index (χ0n) is 18.1. The Kier molecular flexibility index (Phi) is 6.81. The van der Waals surface area contributed by atoms with Gasteiger partial charge < -0.3 is 4.43 Å². The van der Waals surface area contributed by atoms with E-state index in [2.05, 4.69) is 0 Å². The molecule has 0 saturated heterocycles. The lowest BCUT2D eigenvalue weighted by molar-refractivity contribution is -0.362. The molecule has 0 bridgehead atoms. The average Bonchev–Trinajstić information content (AvgIpc) is 2.89. The minimum atomic E-state index is -5.58. The number of hydrogen-bond acceptors (Lipinski definition) is 2. The van der Waals surface area contributed by atoms with Crippen molar-refractivity contribution in [3.05, 3.63) is 23.3 Å². The third-order valence-electron chi connectivity index (χ3n) is 6.22. The maximum Gasteiger partial charge on any atom is 0.425 e. The molecule has 172 valence electrons. The Labute approximate surface area is 174 Å². The monoisotopic (exact) mass is 456 g/mol. The number of carbonyl (C=O) groups excluding carboxylic acids is 1. The van der Waals surface area contributed by atoms with Crippen molar-refractivity contribution in [2.75, 3.05) is 0 Å². The van der Waals surface area contributed by atoms with Gasteiger partial charge in [0.15, 0.2) is 8.32 Å². The number of hydrogen-bond donors (Lipinski definition) is 0. The van der Waals surface area contributed by atoms with Gasteiger partial charge in [0.1, 0.15) is 5.78 Å². The molecule has 0 spiro atoms. The zero-order chi connectivity index (χ0) is 23.2. The van der Waals surface area contributed by atoms with Gasteiger partial charge in [-0.15, -0.1) is 0 Å². The van der Waals surface area contributed by atoms with Crippen molar-refractivity contribution in [1.82, 2.24) is 0 Å². The molecule has 0 amide bonds. The number of rotatable bonds is 6. The van der Waals surface area contributed by atoms with Crippen LogP contribution in [0.25, 0.3) is 0 Å². The highest BCUT2D eigenvalue weighted by Crippen LogP contribution is 2.54. The van der Waals surface area contributed by atoms with Gasteiger partial charge in [0.2, 0.25) is 5.60 Å². The van der Waals surface area contributed by atoms with Gasteiger partial charge in [-0.05, 0) is 64.2 Å². The summed E-state index contributed by atoms with van der Waals surface area (Å²) < 4.78 is 86.7. The summed E-state index contributed by atoms with van der Waals surface area (Å²) in [4.78, 5) is 12.2. The third-order valence-corrected chi connectivity index (χ3v) is 7.18. The molecule has 2 aliphatic carbocycles. The number of carbonyl (C=O) groups is 1. The minimum absolute atomic E-state index is 0.149. The normalized spacial score (nSPS) is 26.6. The fourth-order valence-electron chi connectivity index (χ4n) is 4.86. The summed E-state index contributed by atoms with van der Waals surface area (Å²) in [5.74, 6) is 0.0313. The molecule has 1 fully saturated rings. The molecule has 0 aromatic heterocycles. The molecule has 2 nitrogen and oxygen atoms in total. The number of alkyl halides is 6. The van der Waals surface area contributed by atoms with Crippen molar-refractivity contribution in [2.45, 2.75) is 90.0 Å². The largest absolute Gasteiger partial charge is 0.425 e. The SMILES string of the molecule is C/C(=C\CCC(O[Si](C)(C)C)(C(F)(F)F)C(F)(F)F)C1=CC[C@@H]2C(=O)CCC[C@@]12C. The Hall–Kier alpha value is -1.09. The number of ketones is 1. The molecular weight excluding hydrogens is 426 g/mol. The van der Waals surface area contributed by atoms with Gasteiger partial charge in [0, 0.05) is 17.8 Å². The summed E-state index contributed by atoms with van der Waals surface area (Å²) in [5, 5.41) is 0. The van der Waals surface area contributed by atoms with Crippen molar-refractivity contribution in [3.63, 3.8) is 0 Å². The average molecular weight is 457 g/mol. The second kappa shape index (κ2) is 8.11. The van der Waals surface area contributed by atoms with Crippen LogP contribution in [0.2, 0.25) is 19.6 Å². The first-order valence-electron chi connectivity index (χ1n) is 10.2. The van der Waals surface area contributed by atoms with E-state index in [4.69, 9.17) is 4.43 Å². The predicted octanol–water partition coefficient (Wildman–Crippen LogP) is 7.13. The highest BCUT2D eigenvalue weighted by Gasteiger charge is 2.72. The minimum Gasteiger partial charge on any atom is -0.397 e. The van der Waals surface area contributed by atoms with Gasteiger partial charge in [-0.1, -0.05) is 24.6 Å². The van der Waals surface area contributed by atoms with E-state index in [-0.39, 0.29) is 11.7 Å². The van der Waals surface area contributed by atoms with Crippen LogP contribution in [0.4, 0.5) is 26.3 Å². The van der Waals surface area contributed by atoms with Crippen LogP contribution >= 0.6 is 0 Å². The Bertz CT molecular complexity index is 715. The molecular formula is C21H30F6O2Si. The van der Waals surface area contributed by atoms with Gasteiger partial charge in [0.05, 0.1) is 0 Å². The van der Waals surface area contributed by atoms with Crippen molar-refractivity contribution in [1.29, 1.82) is 0 Å². The lowest BCUT2D eigenvalue weighted by atomic mass is 9.64. The Morgan fingerprint density at radius 1 is 1.20 bits per heavy atom. The Morgan fingerprint density at radius 3 is 2.27 bits per heavy atom. The molecule has 1 saturated carbocycles. The maximum absolute atomic E-state index is 13.7. The van der Waals surface area contributed by atoms with E-state index >= 15 is 0 Å². The van der Waals surface area contributed by atoms with Gasteiger partial charge >= 0.3 is 12.4 Å². The first-order valence-corrected chi connectivity index (χ1v) is 13.6. The molecule has 0 aliphatic heterocycles. The Balaban J connectivity index is 2.27. The predicted molar refractivity (Wildman–Crippen MR) is 105 cm³/mol. The second-order valence-corrected chi connectivity index (χ2v) is 14.0. The molecule has 2 atom stereocenters. The van der Waals surface area contributed by atoms with Crippen molar-refractivity contribution in [3.8, 4) is 0 Å². The third kappa shape index (κ3) is 4.71. The summed E-state index contributed by atoms with van der Waals surface area (Å²) in [6.07, 6.45) is -6.84. The molecule has 0 aromatic rings. The van der Waals surface area contributed by atoms with E-state index in [0.717, 1.165) is 18.4 Å². The van der Waals surface area contributed by atoms with Crippen LogP contribution in [0.15, 0.2) is 23.3 Å². The fourth-order valence-corrected chi connectivity index (χ4v) is 6.24. The summed E-state index contributed by atoms with van der Waals surface area (Å²) in [6, 6.07) is 0. The van der Waals surface area contributed by atoms with E-state index in [9.17, 15) is 31.1 Å². The maximum atomic E-state index is 13.7. The topological polar surface area (TPSA) is 26.3 Å². The van der Waals surface area contributed by atoms with Crippen molar-refractivity contribution >= 4 is 14.1 Å². The molecule has 30 heavy (non-hydrogen) atoms. The van der Waals surface area contributed by atoms with E-state index in [0.29, 0.717) is 18.4 Å². The lowest BCUT2D eigenvalue weighted by Gasteiger charge is -2.41. The van der Waals surface area contributed by atoms with Crippen LogP contribution in [-0.4, -0.2) is 32.1 Å². The molecule has 0 aromatic carbocycles. The first kappa shape index (κ1) is 25.2. The van der Waals surface area contributed by atoms with Crippen LogP contribution in [0.3, 0.4) is 0 Å². The second-order valence-electron chi connectivity index (χ2n) is 9.61. The molecule has 2 rings (SSSR count). The van der Waals surface area contributed by atoms with E-state index < -0.39 is 44.5 Å². The molecule has 0 unspecified atom stereocenters. The summed E-state index contributed by atoms with van der Waals surface area (Å²) in [7, 11) is -3.17. The molecule has 0 N–H and O–H groups in total. The lowest BCUT2D eigenvalue weighted by Crippen LogP contribution is -2.62. The van der Waals surface area contributed by atoms with Crippen molar-refractivity contribution < 1.29 is 35.6 Å². The quantitative estimate of drug-likeness (QED) is 0.314. The van der Waals surface area contributed by atoms with Crippen LogP contribution in [-0.2, 0) is 9.22 Å². The Morgan fingerprint density at radius 2 is 1.77 bits per heavy atom. The van der Waals surface area contributed by atoms with Gasteiger partial charge in [-0.25, -0.2) is 0 Å². The van der Waals surface area contributed by atoms with E-state index in [1.165, 1.54) is 25.7 Å². The van der Waals surface area contributed by atoms with Crippen LogP contribution < -0.4 is 0 Å². The summed E-state index contributed by atoms with van der Waals surface area (Å²) >= 11 is 0. The van der Waals surface area contributed by atoms with Crippen molar-refractivity contribution in [2.24, 2.45) is 11.3 Å². The highest BCUT2D eigenvalue weighted by atomic mass is 28.4. The zero-order valence-corrected chi connectivity index (χ0v) is 19.1. The smallest absolute Gasteiger partial charge is 0.397 e. The van der Waals surface area contributed by atoms with Gasteiger partial charge in [-0.2, -0.15) is 26.3 Å². The number of allylic oxidation sites excluding steroid dienone is 4. The van der Waals surface area contributed by atoms with E-state index in [1.54, 1.807) is 6.92 Å². The molecule has 2 aliphatic rings. The molecule has 9 heteroatoms. The summed E-state index contributed by atoms with van der Waals surface area (Å²) in [5.41, 5.74) is -3.06. The first-order chi connectivity index (χ1) is 13.4. The van der Waals surface area contributed by atoms with Gasteiger partial charge in [0.25, 0.3) is 0 Å². The van der Waals surface area contributed by atoms with Crippen LogP contribution in [0.5, 0.6) is 0 Å². The van der Waals surface area contributed by atoms with Crippen LogP contribution in [0, 0.1) is 11.3 Å².